The van der Waals surface area contributed by atoms with E-state index in [-0.39, 0.29) is 24.1 Å². The molecule has 142 valence electrons. The van der Waals surface area contributed by atoms with Gasteiger partial charge in [-0.2, -0.15) is 5.10 Å². The van der Waals surface area contributed by atoms with Crippen molar-refractivity contribution in [2.75, 3.05) is 24.7 Å². The molecule has 0 saturated carbocycles. The first-order valence-corrected chi connectivity index (χ1v) is 8.33. The highest BCUT2D eigenvalue weighted by Crippen LogP contribution is 2.25. The summed E-state index contributed by atoms with van der Waals surface area (Å²) >= 11 is 0. The molecule has 0 bridgehead atoms. The van der Waals surface area contributed by atoms with Crippen molar-refractivity contribution in [3.8, 4) is 18.1 Å². The lowest BCUT2D eigenvalue weighted by atomic mass is 10.0. The van der Waals surface area contributed by atoms with Gasteiger partial charge in [-0.05, 0) is 23.8 Å². The average Bonchev–Trinajstić information content (AvgIpc) is 3.16. The highest BCUT2D eigenvalue weighted by Gasteiger charge is 2.17. The highest BCUT2D eigenvalue weighted by atomic mass is 16.5. The number of nitrogens with zero attached hydrogens (tertiary/aromatic N) is 4. The molecule has 3 aromatic rings. The Morgan fingerprint density at radius 3 is 2.82 bits per heavy atom. The van der Waals surface area contributed by atoms with Crippen molar-refractivity contribution in [1.29, 1.82) is 0 Å². The Hall–Kier alpha value is -3.90. The number of nitrogen functional groups attached to an aromatic ring is 1. The van der Waals surface area contributed by atoms with Crippen LogP contribution in [0.5, 0.6) is 5.75 Å². The van der Waals surface area contributed by atoms with Gasteiger partial charge in [-0.3, -0.25) is 9.48 Å². The van der Waals surface area contributed by atoms with Gasteiger partial charge in [0.1, 0.15) is 5.75 Å². The Morgan fingerprint density at radius 2 is 2.14 bits per heavy atom. The summed E-state index contributed by atoms with van der Waals surface area (Å²) in [4.78, 5) is 20.1. The Balaban J connectivity index is 1.85. The van der Waals surface area contributed by atoms with Gasteiger partial charge in [0.2, 0.25) is 0 Å². The molecule has 2 heterocycles. The Morgan fingerprint density at radius 1 is 1.36 bits per heavy atom. The number of nitrogens with two attached hydrogens (primary N) is 2. The van der Waals surface area contributed by atoms with E-state index in [1.165, 1.54) is 18.6 Å². The molecule has 5 N–H and O–H groups in total. The second-order valence-electron chi connectivity index (χ2n) is 5.84. The van der Waals surface area contributed by atoms with E-state index in [1.807, 2.05) is 12.1 Å². The van der Waals surface area contributed by atoms with Gasteiger partial charge in [0, 0.05) is 30.7 Å². The summed E-state index contributed by atoms with van der Waals surface area (Å²) < 4.78 is 6.94. The van der Waals surface area contributed by atoms with Crippen LogP contribution in [-0.2, 0) is 0 Å². The number of terminal acetylenes is 1. The molecule has 0 aliphatic rings. The van der Waals surface area contributed by atoms with Crippen molar-refractivity contribution < 1.29 is 9.53 Å². The molecule has 1 aromatic carbocycles. The molecule has 0 radical (unpaired) electrons. The topological polar surface area (TPSA) is 134 Å². The van der Waals surface area contributed by atoms with Crippen LogP contribution in [0, 0.1) is 12.3 Å². The lowest BCUT2D eigenvalue weighted by molar-refractivity contribution is 0.102. The number of hydrogen-bond donors (Lipinski definition) is 3. The lowest BCUT2D eigenvalue weighted by Crippen LogP contribution is -2.21. The van der Waals surface area contributed by atoms with Crippen LogP contribution in [0.4, 0.5) is 11.5 Å². The number of benzene rings is 1. The van der Waals surface area contributed by atoms with Crippen molar-refractivity contribution in [1.82, 2.24) is 19.7 Å². The van der Waals surface area contributed by atoms with E-state index in [2.05, 4.69) is 26.3 Å². The number of aromatic nitrogens is 4. The molecule has 28 heavy (non-hydrogen) atoms. The van der Waals surface area contributed by atoms with Gasteiger partial charge in [-0.15, -0.1) is 6.42 Å². The van der Waals surface area contributed by atoms with E-state index >= 15 is 0 Å². The molecular formula is C19H19N7O2. The second-order valence-corrected chi connectivity index (χ2v) is 5.84. The first-order chi connectivity index (χ1) is 13.5. The Bertz CT molecular complexity index is 1040. The summed E-state index contributed by atoms with van der Waals surface area (Å²) in [6.07, 6.45) is 11.5. The van der Waals surface area contributed by atoms with Crippen LogP contribution in [0.2, 0.25) is 0 Å². The van der Waals surface area contributed by atoms with Gasteiger partial charge in [0.25, 0.3) is 5.91 Å². The van der Waals surface area contributed by atoms with Crippen molar-refractivity contribution >= 4 is 17.4 Å². The molecule has 0 aliphatic heterocycles. The van der Waals surface area contributed by atoms with E-state index in [0.29, 0.717) is 17.0 Å². The molecule has 9 nitrogen and oxygen atoms in total. The van der Waals surface area contributed by atoms with Gasteiger partial charge in [-0.1, -0.05) is 5.92 Å². The molecular weight excluding hydrogens is 358 g/mol. The quantitative estimate of drug-likeness (QED) is 0.547. The monoisotopic (exact) mass is 377 g/mol. The van der Waals surface area contributed by atoms with Gasteiger partial charge in [0.15, 0.2) is 11.5 Å². The van der Waals surface area contributed by atoms with E-state index in [4.69, 9.17) is 22.6 Å². The maximum Gasteiger partial charge on any atom is 0.278 e. The number of nitrogens with one attached hydrogen (secondary N) is 1. The van der Waals surface area contributed by atoms with Crippen LogP contribution in [0.3, 0.4) is 0 Å². The largest absolute Gasteiger partial charge is 0.497 e. The van der Waals surface area contributed by atoms with Crippen LogP contribution in [-0.4, -0.2) is 39.3 Å². The fraction of sp³-hybridized carbons (Fsp3) is 0.158. The zero-order chi connectivity index (χ0) is 20.1. The zero-order valence-corrected chi connectivity index (χ0v) is 15.2. The fourth-order valence-corrected chi connectivity index (χ4v) is 2.70. The molecule has 1 amide bonds. The van der Waals surface area contributed by atoms with E-state index in [9.17, 15) is 4.79 Å². The predicted octanol–water partition coefficient (Wildman–Crippen LogP) is 1.05. The van der Waals surface area contributed by atoms with Crippen molar-refractivity contribution in [3.05, 3.63) is 59.8 Å². The standard InChI is InChI=1S/C19H19N7O2/c1-3-12-6-13(8-15(7-12)28-2)16(9-20)26-11-14(10-24-26)25-19(27)17-18(21)23-5-4-22-17/h1,4-8,10-11,16H,9,20H2,2H3,(H2,21,23)(H,25,27). The van der Waals surface area contributed by atoms with Crippen molar-refractivity contribution in [2.45, 2.75) is 6.04 Å². The van der Waals surface area contributed by atoms with Gasteiger partial charge < -0.3 is 21.5 Å². The second kappa shape index (κ2) is 8.20. The SMILES string of the molecule is C#Cc1cc(OC)cc(C(CN)n2cc(NC(=O)c3nccnc3N)cn2)c1. The molecule has 0 saturated heterocycles. The van der Waals surface area contributed by atoms with Crippen LogP contribution in [0.15, 0.2) is 43.0 Å². The van der Waals surface area contributed by atoms with Crippen LogP contribution >= 0.6 is 0 Å². The number of amides is 1. The van der Waals surface area contributed by atoms with E-state index < -0.39 is 5.91 Å². The summed E-state index contributed by atoms with van der Waals surface area (Å²) in [6.45, 7) is 0.267. The molecule has 3 rings (SSSR count). The van der Waals surface area contributed by atoms with Gasteiger partial charge >= 0.3 is 0 Å². The minimum absolute atomic E-state index is 0.0390. The van der Waals surface area contributed by atoms with Gasteiger partial charge in [-0.25, -0.2) is 9.97 Å². The highest BCUT2D eigenvalue weighted by molar-refractivity contribution is 6.05. The lowest BCUT2D eigenvalue weighted by Gasteiger charge is -2.17. The third-order valence-electron chi connectivity index (χ3n) is 4.06. The first kappa shape index (κ1) is 18.9. The van der Waals surface area contributed by atoms with Crippen molar-refractivity contribution in [3.63, 3.8) is 0 Å². The van der Waals surface area contributed by atoms with Crippen molar-refractivity contribution in [2.24, 2.45) is 5.73 Å². The number of hydrogen-bond acceptors (Lipinski definition) is 7. The average molecular weight is 377 g/mol. The Kier molecular flexibility index (Phi) is 5.53. The number of methoxy groups -OCH3 is 1. The smallest absolute Gasteiger partial charge is 0.278 e. The molecule has 0 fully saturated rings. The number of ether oxygens (including phenoxy) is 1. The Labute approximate surface area is 161 Å². The first-order valence-electron chi connectivity index (χ1n) is 8.33. The third kappa shape index (κ3) is 3.92. The summed E-state index contributed by atoms with van der Waals surface area (Å²) in [5.74, 6) is 2.79. The minimum Gasteiger partial charge on any atom is -0.497 e. The van der Waals surface area contributed by atoms with Crippen LogP contribution < -0.4 is 21.5 Å². The van der Waals surface area contributed by atoms with Gasteiger partial charge in [0.05, 0.1) is 25.0 Å². The zero-order valence-electron chi connectivity index (χ0n) is 15.2. The van der Waals surface area contributed by atoms with E-state index in [1.54, 1.807) is 24.1 Å². The maximum absolute atomic E-state index is 12.3. The molecule has 0 spiro atoms. The summed E-state index contributed by atoms with van der Waals surface area (Å²) in [7, 11) is 1.57. The van der Waals surface area contributed by atoms with Crippen LogP contribution in [0.1, 0.15) is 27.7 Å². The van der Waals surface area contributed by atoms with E-state index in [0.717, 1.165) is 5.56 Å². The van der Waals surface area contributed by atoms with Crippen LogP contribution in [0.25, 0.3) is 0 Å². The maximum atomic E-state index is 12.3. The molecule has 9 heteroatoms. The number of rotatable bonds is 6. The normalized spacial score (nSPS) is 11.5. The predicted molar refractivity (Wildman–Crippen MR) is 105 cm³/mol. The molecule has 1 unspecified atom stereocenters. The number of carbonyl (C=O) groups excluding carboxylic acids is 1. The summed E-state index contributed by atoms with van der Waals surface area (Å²) in [6, 6.07) is 5.16. The molecule has 0 aliphatic carbocycles. The number of anilines is 2. The summed E-state index contributed by atoms with van der Waals surface area (Å²) in [5.41, 5.74) is 13.7. The minimum atomic E-state index is -0.481. The summed E-state index contributed by atoms with van der Waals surface area (Å²) in [5, 5.41) is 7.00. The molecule has 1 atom stereocenters. The third-order valence-corrected chi connectivity index (χ3v) is 4.06. The fourth-order valence-electron chi connectivity index (χ4n) is 2.70. The molecule has 2 aromatic heterocycles. The number of carbonyl (C=O) groups is 1.